The molecule has 1 aliphatic heterocycles. The summed E-state index contributed by atoms with van der Waals surface area (Å²) < 4.78 is 1.08. The van der Waals surface area contributed by atoms with Crippen LogP contribution in [-0.4, -0.2) is 43.7 Å². The Kier molecular flexibility index (Phi) is 5.01. The van der Waals surface area contributed by atoms with Gasteiger partial charge in [-0.15, -0.1) is 0 Å². The highest BCUT2D eigenvalue weighted by Gasteiger charge is 2.14. The predicted octanol–water partition coefficient (Wildman–Crippen LogP) is 1.61. The van der Waals surface area contributed by atoms with Crippen molar-refractivity contribution in [2.75, 3.05) is 32.7 Å². The zero-order valence-electron chi connectivity index (χ0n) is 10.3. The zero-order chi connectivity index (χ0) is 12.8. The van der Waals surface area contributed by atoms with Crippen LogP contribution in [0.25, 0.3) is 0 Å². The molecule has 0 bridgehead atoms. The fourth-order valence-electron chi connectivity index (χ4n) is 1.99. The Bertz CT molecular complexity index is 405. The number of carbonyl (C=O) groups excluding carboxylic acids is 1. The van der Waals surface area contributed by atoms with E-state index in [2.05, 4.69) is 38.7 Å². The van der Waals surface area contributed by atoms with E-state index in [1.165, 1.54) is 5.56 Å². The fourth-order valence-corrected chi connectivity index (χ4v) is 2.43. The highest BCUT2D eigenvalue weighted by Crippen LogP contribution is 2.11. The van der Waals surface area contributed by atoms with Crippen LogP contribution in [0.5, 0.6) is 0 Å². The molecule has 0 aliphatic carbocycles. The lowest BCUT2D eigenvalue weighted by Gasteiger charge is -2.27. The topological polar surface area (TPSA) is 44.4 Å². The number of nitrogens with zero attached hydrogens (tertiary/aromatic N) is 1. The molecule has 1 aromatic rings. The molecule has 0 unspecified atom stereocenters. The summed E-state index contributed by atoms with van der Waals surface area (Å²) >= 11 is 3.44. The second-order valence-electron chi connectivity index (χ2n) is 4.35. The molecule has 1 heterocycles. The van der Waals surface area contributed by atoms with Crippen LogP contribution in [0.1, 0.15) is 5.56 Å². The molecule has 0 atom stereocenters. The largest absolute Gasteiger partial charge is 0.338 e. The van der Waals surface area contributed by atoms with E-state index in [1.807, 2.05) is 17.0 Å². The first-order valence-corrected chi connectivity index (χ1v) is 7.03. The molecule has 1 fully saturated rings. The van der Waals surface area contributed by atoms with Gasteiger partial charge in [0.15, 0.2) is 0 Å². The molecule has 0 radical (unpaired) electrons. The zero-order valence-corrected chi connectivity index (χ0v) is 11.9. The Morgan fingerprint density at radius 3 is 2.89 bits per heavy atom. The number of piperazine rings is 1. The first-order chi connectivity index (χ1) is 8.75. The van der Waals surface area contributed by atoms with Crippen LogP contribution >= 0.6 is 15.9 Å². The molecule has 98 valence electrons. The summed E-state index contributed by atoms with van der Waals surface area (Å²) in [6.07, 6.45) is 0.858. The third kappa shape index (κ3) is 3.99. The molecule has 0 aromatic heterocycles. The molecule has 5 heteroatoms. The quantitative estimate of drug-likeness (QED) is 0.890. The van der Waals surface area contributed by atoms with E-state index in [9.17, 15) is 4.79 Å². The van der Waals surface area contributed by atoms with Gasteiger partial charge in [0.2, 0.25) is 0 Å². The van der Waals surface area contributed by atoms with Gasteiger partial charge in [0.1, 0.15) is 0 Å². The van der Waals surface area contributed by atoms with Gasteiger partial charge in [-0.2, -0.15) is 0 Å². The number of urea groups is 1. The van der Waals surface area contributed by atoms with Crippen molar-refractivity contribution in [3.05, 3.63) is 34.3 Å². The lowest BCUT2D eigenvalue weighted by molar-refractivity contribution is 0.190. The molecule has 2 N–H and O–H groups in total. The van der Waals surface area contributed by atoms with Crippen molar-refractivity contribution in [3.8, 4) is 0 Å². The lowest BCUT2D eigenvalue weighted by atomic mass is 10.1. The summed E-state index contributed by atoms with van der Waals surface area (Å²) in [7, 11) is 0. The molecule has 1 saturated heterocycles. The highest BCUT2D eigenvalue weighted by atomic mass is 79.9. The summed E-state index contributed by atoms with van der Waals surface area (Å²) in [5, 5.41) is 6.20. The van der Waals surface area contributed by atoms with Crippen molar-refractivity contribution in [2.24, 2.45) is 0 Å². The number of hydrogen-bond acceptors (Lipinski definition) is 2. The number of benzene rings is 1. The molecule has 0 spiro atoms. The minimum Gasteiger partial charge on any atom is -0.338 e. The lowest BCUT2D eigenvalue weighted by Crippen LogP contribution is -2.50. The van der Waals surface area contributed by atoms with Crippen molar-refractivity contribution >= 4 is 22.0 Å². The summed E-state index contributed by atoms with van der Waals surface area (Å²) in [6.45, 7) is 4.04. The van der Waals surface area contributed by atoms with E-state index in [-0.39, 0.29) is 6.03 Å². The van der Waals surface area contributed by atoms with Crippen molar-refractivity contribution in [2.45, 2.75) is 6.42 Å². The summed E-state index contributed by atoms with van der Waals surface area (Å²) in [4.78, 5) is 13.7. The number of nitrogens with one attached hydrogen (secondary N) is 2. The van der Waals surface area contributed by atoms with Crippen LogP contribution in [0, 0.1) is 0 Å². The number of hydrogen-bond donors (Lipinski definition) is 2. The van der Waals surface area contributed by atoms with Gasteiger partial charge in [0.25, 0.3) is 0 Å². The van der Waals surface area contributed by atoms with Crippen molar-refractivity contribution in [3.63, 3.8) is 0 Å². The average molecular weight is 312 g/mol. The van der Waals surface area contributed by atoms with E-state index in [0.717, 1.165) is 37.1 Å². The SMILES string of the molecule is O=C(NCCc1cccc(Br)c1)N1CCNCC1. The Morgan fingerprint density at radius 1 is 1.39 bits per heavy atom. The Hall–Kier alpha value is -1.07. The predicted molar refractivity (Wildman–Crippen MR) is 75.7 cm³/mol. The van der Waals surface area contributed by atoms with Gasteiger partial charge >= 0.3 is 6.03 Å². The molecule has 0 saturated carbocycles. The molecule has 2 amide bonds. The van der Waals surface area contributed by atoms with Crippen LogP contribution in [0.4, 0.5) is 4.79 Å². The van der Waals surface area contributed by atoms with E-state index in [0.29, 0.717) is 6.54 Å². The molecule has 18 heavy (non-hydrogen) atoms. The normalized spacial score (nSPS) is 15.5. The molecule has 1 aliphatic rings. The van der Waals surface area contributed by atoms with Crippen LogP contribution in [0.3, 0.4) is 0 Å². The van der Waals surface area contributed by atoms with E-state index in [1.54, 1.807) is 0 Å². The van der Waals surface area contributed by atoms with Crippen molar-refractivity contribution in [1.29, 1.82) is 0 Å². The average Bonchev–Trinajstić information content (AvgIpc) is 2.40. The maximum atomic E-state index is 11.8. The highest BCUT2D eigenvalue weighted by molar-refractivity contribution is 9.10. The van der Waals surface area contributed by atoms with Gasteiger partial charge in [-0.3, -0.25) is 0 Å². The van der Waals surface area contributed by atoms with E-state index in [4.69, 9.17) is 0 Å². The molecule has 2 rings (SSSR count). The third-order valence-electron chi connectivity index (χ3n) is 2.98. The molecular formula is C13H18BrN3O. The van der Waals surface area contributed by atoms with E-state index < -0.39 is 0 Å². The van der Waals surface area contributed by atoms with E-state index >= 15 is 0 Å². The summed E-state index contributed by atoms with van der Waals surface area (Å²) in [6, 6.07) is 8.21. The van der Waals surface area contributed by atoms with Crippen LogP contribution in [0.2, 0.25) is 0 Å². The molecular weight excluding hydrogens is 294 g/mol. The van der Waals surface area contributed by atoms with Gasteiger partial charge < -0.3 is 15.5 Å². The second kappa shape index (κ2) is 6.75. The van der Waals surface area contributed by atoms with Gasteiger partial charge in [-0.25, -0.2) is 4.79 Å². The Balaban J connectivity index is 1.73. The van der Waals surface area contributed by atoms with Crippen molar-refractivity contribution in [1.82, 2.24) is 15.5 Å². The number of carbonyl (C=O) groups is 1. The van der Waals surface area contributed by atoms with Gasteiger partial charge in [-0.05, 0) is 24.1 Å². The first-order valence-electron chi connectivity index (χ1n) is 6.23. The smallest absolute Gasteiger partial charge is 0.317 e. The summed E-state index contributed by atoms with van der Waals surface area (Å²) in [5.41, 5.74) is 1.23. The minimum atomic E-state index is 0.0477. The van der Waals surface area contributed by atoms with Crippen LogP contribution in [0.15, 0.2) is 28.7 Å². The maximum absolute atomic E-state index is 11.8. The first kappa shape index (κ1) is 13.4. The van der Waals surface area contributed by atoms with Gasteiger partial charge in [0.05, 0.1) is 0 Å². The summed E-state index contributed by atoms with van der Waals surface area (Å²) in [5.74, 6) is 0. The number of amides is 2. The number of halogens is 1. The van der Waals surface area contributed by atoms with Crippen LogP contribution < -0.4 is 10.6 Å². The Morgan fingerprint density at radius 2 is 2.17 bits per heavy atom. The maximum Gasteiger partial charge on any atom is 0.317 e. The van der Waals surface area contributed by atoms with Crippen molar-refractivity contribution < 1.29 is 4.79 Å². The van der Waals surface area contributed by atoms with Gasteiger partial charge in [0, 0.05) is 37.2 Å². The molecule has 1 aromatic carbocycles. The van der Waals surface area contributed by atoms with Crippen LogP contribution in [-0.2, 0) is 6.42 Å². The standard InChI is InChI=1S/C13H18BrN3O/c14-12-3-1-2-11(10-12)4-5-16-13(18)17-8-6-15-7-9-17/h1-3,10,15H,4-9H2,(H,16,18). The molecule has 4 nitrogen and oxygen atoms in total. The van der Waals surface area contributed by atoms with Gasteiger partial charge in [-0.1, -0.05) is 28.1 Å². The minimum absolute atomic E-state index is 0.0477. The monoisotopic (exact) mass is 311 g/mol. The Labute approximate surface area is 116 Å². The third-order valence-corrected chi connectivity index (χ3v) is 3.48. The number of rotatable bonds is 3. The second-order valence-corrected chi connectivity index (χ2v) is 5.26. The fraction of sp³-hybridized carbons (Fsp3) is 0.462.